The summed E-state index contributed by atoms with van der Waals surface area (Å²) >= 11 is 0. The van der Waals surface area contributed by atoms with Crippen LogP contribution >= 0.6 is 0 Å². The van der Waals surface area contributed by atoms with E-state index in [4.69, 9.17) is 5.11 Å². The number of nitrogens with one attached hydrogen (secondary N) is 1. The maximum atomic E-state index is 13.0. The second-order valence-electron chi connectivity index (χ2n) is 2.89. The van der Waals surface area contributed by atoms with Crippen LogP contribution < -0.4 is 4.72 Å². The van der Waals surface area contributed by atoms with Crippen LogP contribution in [0.5, 0.6) is 0 Å². The topological polar surface area (TPSA) is 32.3 Å². The first-order valence-corrected chi connectivity index (χ1v) is 5.32. The molecule has 1 rings (SSSR count). The maximum absolute atomic E-state index is 13.0. The molecule has 0 aliphatic carbocycles. The first-order chi connectivity index (χ1) is 8.61. The molecule has 0 heterocycles. The van der Waals surface area contributed by atoms with Gasteiger partial charge in [-0.05, 0) is 0 Å². The molecule has 19 heavy (non-hydrogen) atoms. The van der Waals surface area contributed by atoms with Crippen LogP contribution in [0.4, 0.5) is 40.8 Å². The molecule has 2 nitrogen and oxygen atoms in total. The van der Waals surface area contributed by atoms with Gasteiger partial charge >= 0.3 is 5.51 Å². The fourth-order valence-electron chi connectivity index (χ4n) is 0.929. The van der Waals surface area contributed by atoms with Crippen molar-refractivity contribution in [3.63, 3.8) is 0 Å². The Labute approximate surface area is 102 Å². The quantitative estimate of drug-likeness (QED) is 0.361. The minimum Gasteiger partial charge on any atom is -0.463 e. The molecule has 0 bridgehead atoms. The van der Waals surface area contributed by atoms with Gasteiger partial charge in [-0.3, -0.25) is 0 Å². The molecule has 0 atom stereocenters. The number of halogens is 8. The molecule has 0 amide bonds. The Morgan fingerprint density at radius 1 is 0.842 bits per heavy atom. The van der Waals surface area contributed by atoms with Gasteiger partial charge in [0.1, 0.15) is 0 Å². The van der Waals surface area contributed by atoms with Gasteiger partial charge in [0.2, 0.25) is 5.82 Å². The molecular formula is C8H2F8NOS-. The number of benzene rings is 1. The van der Waals surface area contributed by atoms with Crippen molar-refractivity contribution >= 4 is 16.2 Å². The number of anilines is 1. The normalized spacial score (nSPS) is 11.7. The van der Waals surface area contributed by atoms with E-state index in [0.29, 0.717) is 5.37 Å². The van der Waals surface area contributed by atoms with Gasteiger partial charge < -0.3 is 9.83 Å². The average molecular weight is 312 g/mol. The molecule has 0 aliphatic rings. The van der Waals surface area contributed by atoms with Crippen molar-refractivity contribution in [2.75, 3.05) is 4.72 Å². The highest BCUT2D eigenvalue weighted by Crippen LogP contribution is 2.29. The van der Waals surface area contributed by atoms with Crippen LogP contribution in [0.2, 0.25) is 0 Å². The SMILES string of the molecule is OC#[S-](Nc1c(F)c(F)c(F)c(F)c1F)C(F)(F)F. The van der Waals surface area contributed by atoms with Gasteiger partial charge in [-0.25, -0.2) is 32.4 Å². The van der Waals surface area contributed by atoms with E-state index in [9.17, 15) is 35.1 Å². The van der Waals surface area contributed by atoms with Crippen LogP contribution in [0.3, 0.4) is 0 Å². The molecule has 0 radical (unpaired) electrons. The van der Waals surface area contributed by atoms with Gasteiger partial charge in [-0.15, -0.1) is 5.37 Å². The predicted molar refractivity (Wildman–Crippen MR) is 49.1 cm³/mol. The third-order valence-electron chi connectivity index (χ3n) is 1.74. The van der Waals surface area contributed by atoms with Gasteiger partial charge in [-0.2, -0.15) is 13.2 Å². The van der Waals surface area contributed by atoms with Crippen molar-refractivity contribution in [1.82, 2.24) is 0 Å². The van der Waals surface area contributed by atoms with Gasteiger partial charge in [0.15, 0.2) is 23.3 Å². The molecule has 0 aliphatic heterocycles. The molecule has 0 saturated heterocycles. The highest BCUT2D eigenvalue weighted by Gasteiger charge is 2.27. The lowest BCUT2D eigenvalue weighted by Gasteiger charge is -2.25. The zero-order chi connectivity index (χ0) is 15.0. The van der Waals surface area contributed by atoms with Gasteiger partial charge in [-0.1, -0.05) is 0 Å². The van der Waals surface area contributed by atoms with E-state index in [0.717, 1.165) is 4.72 Å². The number of hydrogen-bond donors (Lipinski definition) is 2. The number of alkyl halides is 3. The van der Waals surface area contributed by atoms with E-state index in [2.05, 4.69) is 0 Å². The van der Waals surface area contributed by atoms with E-state index < -0.39 is 50.8 Å². The monoisotopic (exact) mass is 312 g/mol. The molecular weight excluding hydrogens is 310 g/mol. The second-order valence-corrected chi connectivity index (χ2v) is 4.35. The molecule has 0 saturated carbocycles. The third kappa shape index (κ3) is 2.94. The zero-order valence-electron chi connectivity index (χ0n) is 8.38. The smallest absolute Gasteiger partial charge is 0.334 e. The van der Waals surface area contributed by atoms with Gasteiger partial charge in [0, 0.05) is 0 Å². The summed E-state index contributed by atoms with van der Waals surface area (Å²) < 4.78 is 102. The predicted octanol–water partition coefficient (Wildman–Crippen LogP) is 3.14. The first-order valence-electron chi connectivity index (χ1n) is 4.10. The van der Waals surface area contributed by atoms with E-state index >= 15 is 0 Å². The summed E-state index contributed by atoms with van der Waals surface area (Å²) in [7, 11) is -3.42. The van der Waals surface area contributed by atoms with Crippen molar-refractivity contribution in [2.45, 2.75) is 5.51 Å². The second kappa shape index (κ2) is 5.27. The first kappa shape index (κ1) is 15.6. The van der Waals surface area contributed by atoms with Crippen molar-refractivity contribution in [2.24, 2.45) is 0 Å². The van der Waals surface area contributed by atoms with Crippen LogP contribution in [0, 0.1) is 34.5 Å². The van der Waals surface area contributed by atoms with E-state index in [1.54, 1.807) is 0 Å². The lowest BCUT2D eigenvalue weighted by molar-refractivity contribution is -0.0344. The Kier molecular flexibility index (Phi) is 4.33. The van der Waals surface area contributed by atoms with Crippen LogP contribution in [-0.4, -0.2) is 10.6 Å². The highest BCUT2D eigenvalue weighted by atomic mass is 32.2. The molecule has 108 valence electrons. The standard InChI is InChI=1S/C8H2F8NOS/c9-2-3(10)5(12)7(6(13)4(2)11)17-19(1-18)8(14,15)16/h17-18H/q-1. The van der Waals surface area contributed by atoms with Gasteiger partial charge in [0.05, 0.1) is 5.69 Å². The Bertz CT molecular complexity index is 570. The number of hydrogen-bond acceptors (Lipinski definition) is 3. The van der Waals surface area contributed by atoms with E-state index in [-0.39, 0.29) is 0 Å². The Morgan fingerprint density at radius 2 is 1.21 bits per heavy atom. The lowest BCUT2D eigenvalue weighted by atomic mass is 10.2. The zero-order valence-corrected chi connectivity index (χ0v) is 9.20. The summed E-state index contributed by atoms with van der Waals surface area (Å²) in [6.45, 7) is 0. The molecule has 11 heteroatoms. The Balaban J connectivity index is 3.41. The van der Waals surface area contributed by atoms with Crippen LogP contribution in [0.25, 0.3) is 0 Å². The fourth-order valence-corrected chi connectivity index (χ4v) is 1.58. The van der Waals surface area contributed by atoms with Crippen molar-refractivity contribution < 1.29 is 40.2 Å². The fraction of sp³-hybridized carbons (Fsp3) is 0.125. The summed E-state index contributed by atoms with van der Waals surface area (Å²) in [5, 5.41) is 8.79. The summed E-state index contributed by atoms with van der Waals surface area (Å²) in [6, 6.07) is 0. The largest absolute Gasteiger partial charge is 0.463 e. The minimum absolute atomic E-state index is 0.618. The molecule has 0 fully saturated rings. The molecule has 1 aromatic carbocycles. The molecule has 0 spiro atoms. The molecule has 0 aromatic heterocycles. The van der Waals surface area contributed by atoms with Crippen molar-refractivity contribution in [3.8, 4) is 5.37 Å². The summed E-state index contributed by atoms with van der Waals surface area (Å²) in [5.41, 5.74) is -7.13. The summed E-state index contributed by atoms with van der Waals surface area (Å²) in [6.07, 6.45) is 0. The van der Waals surface area contributed by atoms with Crippen molar-refractivity contribution in [1.29, 1.82) is 0 Å². The van der Waals surface area contributed by atoms with E-state index in [1.165, 1.54) is 0 Å². The lowest BCUT2D eigenvalue weighted by Crippen LogP contribution is -2.23. The molecule has 0 unspecified atom stereocenters. The van der Waals surface area contributed by atoms with Crippen LogP contribution in [-0.2, 0) is 10.5 Å². The number of aliphatic hydroxyl groups is 1. The third-order valence-corrected chi connectivity index (χ3v) is 2.79. The molecule has 1 aromatic rings. The van der Waals surface area contributed by atoms with Crippen LogP contribution in [0.1, 0.15) is 0 Å². The number of aliphatic hydroxyl groups excluding tert-OH is 1. The minimum atomic E-state index is -5.23. The average Bonchev–Trinajstić information content (AvgIpc) is 2.32. The highest BCUT2D eigenvalue weighted by molar-refractivity contribution is 7.88. The maximum Gasteiger partial charge on any atom is 0.334 e. The Hall–Kier alpha value is -1.45. The van der Waals surface area contributed by atoms with Gasteiger partial charge in [0.25, 0.3) is 0 Å². The van der Waals surface area contributed by atoms with Crippen molar-refractivity contribution in [3.05, 3.63) is 29.1 Å². The van der Waals surface area contributed by atoms with Crippen LogP contribution in [0.15, 0.2) is 0 Å². The molecule has 2 N–H and O–H groups in total. The number of rotatable bonds is 1. The Morgan fingerprint density at radius 3 is 1.53 bits per heavy atom. The summed E-state index contributed by atoms with van der Waals surface area (Å²) in [4.78, 5) is 0. The summed E-state index contributed by atoms with van der Waals surface area (Å²) in [5.74, 6) is -12.3. The van der Waals surface area contributed by atoms with E-state index in [1.807, 2.05) is 0 Å².